The van der Waals surface area contributed by atoms with Gasteiger partial charge >= 0.3 is 0 Å². The molecule has 21 heavy (non-hydrogen) atoms. The van der Waals surface area contributed by atoms with Gasteiger partial charge in [-0.05, 0) is 29.9 Å². The van der Waals surface area contributed by atoms with Gasteiger partial charge in [0.2, 0.25) is 0 Å². The molecular formula is C19H25NS. The highest BCUT2D eigenvalue weighted by Gasteiger charge is 2.15. The van der Waals surface area contributed by atoms with Crippen LogP contribution in [0.5, 0.6) is 0 Å². The minimum atomic E-state index is 0.464. The second-order valence-electron chi connectivity index (χ2n) is 5.43. The van der Waals surface area contributed by atoms with Crippen molar-refractivity contribution in [3.8, 4) is 0 Å². The average molecular weight is 299 g/mol. The Hall–Kier alpha value is -1.41. The van der Waals surface area contributed by atoms with Crippen LogP contribution in [0.1, 0.15) is 31.2 Å². The van der Waals surface area contributed by atoms with E-state index in [9.17, 15) is 0 Å². The van der Waals surface area contributed by atoms with Crippen LogP contribution in [0.4, 0.5) is 5.69 Å². The van der Waals surface area contributed by atoms with Crippen LogP contribution in [0.15, 0.2) is 60.7 Å². The summed E-state index contributed by atoms with van der Waals surface area (Å²) in [5.74, 6) is 1.34. The van der Waals surface area contributed by atoms with Gasteiger partial charge in [-0.1, -0.05) is 61.9 Å². The number of anilines is 1. The number of hydrogen-bond acceptors (Lipinski definition) is 2. The molecule has 0 aliphatic carbocycles. The van der Waals surface area contributed by atoms with E-state index in [0.29, 0.717) is 5.92 Å². The van der Waals surface area contributed by atoms with Crippen molar-refractivity contribution in [3.05, 3.63) is 66.2 Å². The molecule has 2 heteroatoms. The predicted octanol–water partition coefficient (Wildman–Crippen LogP) is 5.01. The Morgan fingerprint density at radius 2 is 1.57 bits per heavy atom. The molecule has 1 atom stereocenters. The molecule has 1 nitrogen and oxygen atoms in total. The van der Waals surface area contributed by atoms with E-state index in [4.69, 9.17) is 0 Å². The lowest BCUT2D eigenvalue weighted by Crippen LogP contribution is -2.30. The highest BCUT2D eigenvalue weighted by atomic mass is 32.1. The lowest BCUT2D eigenvalue weighted by atomic mass is 10.00. The quantitative estimate of drug-likeness (QED) is 0.671. The van der Waals surface area contributed by atoms with Gasteiger partial charge in [0.15, 0.2) is 0 Å². The van der Waals surface area contributed by atoms with Gasteiger partial charge in [-0.25, -0.2) is 0 Å². The lowest BCUT2D eigenvalue weighted by molar-refractivity contribution is 0.663. The number of benzene rings is 2. The monoisotopic (exact) mass is 299 g/mol. The Morgan fingerprint density at radius 3 is 2.14 bits per heavy atom. The van der Waals surface area contributed by atoms with E-state index in [1.807, 2.05) is 0 Å². The Morgan fingerprint density at radius 1 is 0.952 bits per heavy atom. The fraction of sp³-hybridized carbons (Fsp3) is 0.368. The molecule has 0 aliphatic rings. The Bertz CT molecular complexity index is 497. The van der Waals surface area contributed by atoms with Gasteiger partial charge in [-0.3, -0.25) is 0 Å². The van der Waals surface area contributed by atoms with Crippen molar-refractivity contribution in [3.63, 3.8) is 0 Å². The number of rotatable bonds is 8. The first-order valence-corrected chi connectivity index (χ1v) is 8.44. The maximum absolute atomic E-state index is 4.58. The number of hydrogen-bond donors (Lipinski definition) is 1. The molecular weight excluding hydrogens is 274 g/mol. The Balaban J connectivity index is 2.13. The normalized spacial score (nSPS) is 12.1. The maximum atomic E-state index is 4.58. The van der Waals surface area contributed by atoms with Crippen LogP contribution >= 0.6 is 12.6 Å². The molecule has 0 saturated heterocycles. The van der Waals surface area contributed by atoms with E-state index < -0.39 is 0 Å². The predicted molar refractivity (Wildman–Crippen MR) is 96.6 cm³/mol. The molecule has 0 N–H and O–H groups in total. The van der Waals surface area contributed by atoms with Crippen LogP contribution in [-0.4, -0.2) is 18.8 Å². The Labute approximate surface area is 134 Å². The zero-order valence-electron chi connectivity index (χ0n) is 12.8. The largest absolute Gasteiger partial charge is 0.371 e. The highest BCUT2D eigenvalue weighted by Crippen LogP contribution is 2.23. The van der Waals surface area contributed by atoms with Gasteiger partial charge in [0.05, 0.1) is 0 Å². The maximum Gasteiger partial charge on any atom is 0.0366 e. The van der Waals surface area contributed by atoms with E-state index >= 15 is 0 Å². The number of para-hydroxylation sites is 1. The van der Waals surface area contributed by atoms with Gasteiger partial charge in [0, 0.05) is 24.7 Å². The molecule has 0 aromatic heterocycles. The van der Waals surface area contributed by atoms with E-state index in [2.05, 4.69) is 85.1 Å². The molecule has 0 spiro atoms. The summed E-state index contributed by atoms with van der Waals surface area (Å²) in [6.07, 6.45) is 2.45. The molecule has 0 amide bonds. The molecule has 0 heterocycles. The Kier molecular flexibility index (Phi) is 6.68. The first kappa shape index (κ1) is 16.0. The fourth-order valence-corrected chi connectivity index (χ4v) is 2.90. The van der Waals surface area contributed by atoms with Crippen molar-refractivity contribution in [2.24, 2.45) is 0 Å². The van der Waals surface area contributed by atoms with Crippen LogP contribution in [0, 0.1) is 0 Å². The summed E-state index contributed by atoms with van der Waals surface area (Å²) in [5.41, 5.74) is 2.69. The van der Waals surface area contributed by atoms with Gasteiger partial charge < -0.3 is 4.90 Å². The van der Waals surface area contributed by atoms with Crippen molar-refractivity contribution in [1.82, 2.24) is 0 Å². The molecule has 2 aromatic carbocycles. The van der Waals surface area contributed by atoms with E-state index in [1.54, 1.807) is 0 Å². The summed E-state index contributed by atoms with van der Waals surface area (Å²) in [5, 5.41) is 0. The molecule has 1 unspecified atom stereocenters. The number of thiol groups is 1. The van der Waals surface area contributed by atoms with Gasteiger partial charge in [0.25, 0.3) is 0 Å². The van der Waals surface area contributed by atoms with Crippen molar-refractivity contribution in [2.45, 2.75) is 25.7 Å². The van der Waals surface area contributed by atoms with Crippen molar-refractivity contribution in [1.29, 1.82) is 0 Å². The smallest absolute Gasteiger partial charge is 0.0366 e. The summed E-state index contributed by atoms with van der Waals surface area (Å²) < 4.78 is 0. The van der Waals surface area contributed by atoms with Gasteiger partial charge in [-0.2, -0.15) is 12.6 Å². The third-order valence-corrected chi connectivity index (χ3v) is 4.28. The van der Waals surface area contributed by atoms with E-state index in [0.717, 1.165) is 18.8 Å². The highest BCUT2D eigenvalue weighted by molar-refractivity contribution is 7.80. The van der Waals surface area contributed by atoms with Crippen LogP contribution in [0.3, 0.4) is 0 Å². The summed E-state index contributed by atoms with van der Waals surface area (Å²) in [7, 11) is 0. The van der Waals surface area contributed by atoms with Gasteiger partial charge in [0.1, 0.15) is 0 Å². The third kappa shape index (κ3) is 4.82. The molecule has 0 radical (unpaired) electrons. The summed E-state index contributed by atoms with van der Waals surface area (Å²) in [4.78, 5) is 2.50. The standard InChI is InChI=1S/C19H25NS/c1-2-3-14-20(19-12-8-5-9-13-19)15-18(16-21)17-10-6-4-7-11-17/h4-13,18,21H,2-3,14-16H2,1H3. The minimum Gasteiger partial charge on any atom is -0.371 e. The first-order chi connectivity index (χ1) is 10.3. The van der Waals surface area contributed by atoms with Gasteiger partial charge in [-0.15, -0.1) is 0 Å². The van der Waals surface area contributed by atoms with E-state index in [1.165, 1.54) is 24.1 Å². The zero-order chi connectivity index (χ0) is 14.9. The number of unbranched alkanes of at least 4 members (excludes halogenated alkanes) is 1. The second-order valence-corrected chi connectivity index (χ2v) is 5.79. The van der Waals surface area contributed by atoms with Crippen LogP contribution in [-0.2, 0) is 0 Å². The average Bonchev–Trinajstić information content (AvgIpc) is 2.57. The van der Waals surface area contributed by atoms with E-state index in [-0.39, 0.29) is 0 Å². The van der Waals surface area contributed by atoms with Crippen molar-refractivity contribution >= 4 is 18.3 Å². The lowest BCUT2D eigenvalue weighted by Gasteiger charge is -2.29. The van der Waals surface area contributed by atoms with Crippen molar-refractivity contribution < 1.29 is 0 Å². The molecule has 112 valence electrons. The summed E-state index contributed by atoms with van der Waals surface area (Å²) >= 11 is 4.58. The summed E-state index contributed by atoms with van der Waals surface area (Å²) in [6.45, 7) is 4.38. The summed E-state index contributed by atoms with van der Waals surface area (Å²) in [6, 6.07) is 21.5. The SMILES string of the molecule is CCCCN(CC(CS)c1ccccc1)c1ccccc1. The molecule has 0 bridgehead atoms. The zero-order valence-corrected chi connectivity index (χ0v) is 13.7. The van der Waals surface area contributed by atoms with Crippen molar-refractivity contribution in [2.75, 3.05) is 23.7 Å². The topological polar surface area (TPSA) is 3.24 Å². The van der Waals surface area contributed by atoms with Crippen LogP contribution < -0.4 is 4.90 Å². The molecule has 2 rings (SSSR count). The second kappa shape index (κ2) is 8.78. The molecule has 2 aromatic rings. The third-order valence-electron chi connectivity index (χ3n) is 3.84. The minimum absolute atomic E-state index is 0.464. The van der Waals surface area contributed by atoms with Crippen LogP contribution in [0.25, 0.3) is 0 Å². The number of nitrogens with zero attached hydrogens (tertiary/aromatic N) is 1. The first-order valence-electron chi connectivity index (χ1n) is 7.81. The fourth-order valence-electron chi connectivity index (χ4n) is 2.57. The van der Waals surface area contributed by atoms with Crippen LogP contribution in [0.2, 0.25) is 0 Å². The molecule has 0 fully saturated rings. The molecule has 0 saturated carbocycles. The molecule has 0 aliphatic heterocycles.